The Morgan fingerprint density at radius 2 is 1.85 bits per heavy atom. The van der Waals surface area contributed by atoms with E-state index in [-0.39, 0.29) is 17.5 Å². The van der Waals surface area contributed by atoms with Gasteiger partial charge in [0.25, 0.3) is 5.91 Å². The second-order valence-corrected chi connectivity index (χ2v) is 10.4. The molecule has 11 nitrogen and oxygen atoms in total. The number of benzene rings is 2. The molecule has 3 N–H and O–H groups in total. The molecular formula is C32H30F3N7O4. The molecule has 2 aromatic carbocycles. The van der Waals surface area contributed by atoms with Crippen LogP contribution in [-0.2, 0) is 17.5 Å². The van der Waals surface area contributed by atoms with Gasteiger partial charge in [0, 0.05) is 54.6 Å². The number of pyridine rings is 2. The topological polar surface area (TPSA) is 124 Å². The van der Waals surface area contributed by atoms with E-state index in [4.69, 9.17) is 19.3 Å². The van der Waals surface area contributed by atoms with Gasteiger partial charge in [-0.1, -0.05) is 0 Å². The predicted octanol–water partition coefficient (Wildman–Crippen LogP) is 5.38. The average Bonchev–Trinajstić information content (AvgIpc) is 3.48. The number of halogens is 3. The monoisotopic (exact) mass is 633 g/mol. The summed E-state index contributed by atoms with van der Waals surface area (Å²) in [6, 6.07) is 15.6. The van der Waals surface area contributed by atoms with Gasteiger partial charge < -0.3 is 30.2 Å². The molecule has 46 heavy (non-hydrogen) atoms. The number of anilines is 2. The van der Waals surface area contributed by atoms with E-state index >= 15 is 0 Å². The van der Waals surface area contributed by atoms with Crippen molar-refractivity contribution in [1.29, 1.82) is 0 Å². The van der Waals surface area contributed by atoms with Gasteiger partial charge in [0.2, 0.25) is 0 Å². The van der Waals surface area contributed by atoms with Crippen LogP contribution >= 0.6 is 0 Å². The maximum atomic E-state index is 13.1. The molecule has 3 aromatic heterocycles. The van der Waals surface area contributed by atoms with Gasteiger partial charge >= 0.3 is 6.18 Å². The highest BCUT2D eigenvalue weighted by Gasteiger charge is 2.31. The van der Waals surface area contributed by atoms with Crippen LogP contribution in [0.15, 0.2) is 73.1 Å². The number of nitrogens with zero attached hydrogens (tertiary/aromatic N) is 4. The van der Waals surface area contributed by atoms with Crippen molar-refractivity contribution in [3.05, 3.63) is 95.4 Å². The molecule has 14 heteroatoms. The van der Waals surface area contributed by atoms with E-state index < -0.39 is 17.6 Å². The zero-order valence-electron chi connectivity index (χ0n) is 24.9. The number of ether oxygens (including phenoxy) is 3. The van der Waals surface area contributed by atoms with Crippen molar-refractivity contribution in [3.63, 3.8) is 0 Å². The average molecular weight is 634 g/mol. The van der Waals surface area contributed by atoms with Crippen LogP contribution in [0.25, 0.3) is 16.6 Å². The van der Waals surface area contributed by atoms with Crippen LogP contribution in [0, 0.1) is 0 Å². The molecule has 1 atom stereocenters. The van der Waals surface area contributed by atoms with Crippen molar-refractivity contribution >= 4 is 28.4 Å². The second-order valence-electron chi connectivity index (χ2n) is 10.4. The second kappa shape index (κ2) is 13.0. The molecule has 238 valence electrons. The molecule has 1 saturated heterocycles. The number of fused-ring (bicyclic) bond motifs is 1. The van der Waals surface area contributed by atoms with Crippen molar-refractivity contribution in [2.75, 3.05) is 44.5 Å². The lowest BCUT2D eigenvalue weighted by molar-refractivity contribution is -0.137. The maximum Gasteiger partial charge on any atom is 0.416 e. The first kappa shape index (κ1) is 30.8. The Labute approximate surface area is 261 Å². The molecule has 6 rings (SSSR count). The van der Waals surface area contributed by atoms with Crippen LogP contribution in [0.3, 0.4) is 0 Å². The van der Waals surface area contributed by atoms with E-state index in [1.54, 1.807) is 49.4 Å². The summed E-state index contributed by atoms with van der Waals surface area (Å²) in [5.74, 6) is 1.08. The first-order chi connectivity index (χ1) is 22.2. The number of amides is 1. The van der Waals surface area contributed by atoms with Gasteiger partial charge in [0.05, 0.1) is 32.1 Å². The minimum absolute atomic E-state index is 0.206. The van der Waals surface area contributed by atoms with E-state index in [0.29, 0.717) is 48.2 Å². The molecule has 1 aliphatic heterocycles. The Hall–Kier alpha value is -5.21. The number of rotatable bonds is 9. The Morgan fingerprint density at radius 1 is 1.04 bits per heavy atom. The third kappa shape index (κ3) is 6.43. The summed E-state index contributed by atoms with van der Waals surface area (Å²) in [5, 5.41) is 15.0. The van der Waals surface area contributed by atoms with Gasteiger partial charge in [0.15, 0.2) is 5.82 Å². The van der Waals surface area contributed by atoms with Crippen molar-refractivity contribution in [2.45, 2.75) is 18.8 Å². The van der Waals surface area contributed by atoms with Crippen LogP contribution in [0.5, 0.6) is 11.5 Å². The number of methoxy groups -OCH3 is 2. The van der Waals surface area contributed by atoms with Gasteiger partial charge in [0.1, 0.15) is 34.6 Å². The number of carbonyl (C=O) groups excluding carboxylic acids is 1. The molecule has 0 spiro atoms. The summed E-state index contributed by atoms with van der Waals surface area (Å²) in [7, 11) is 3.19. The molecule has 4 heterocycles. The number of hydrogen-bond donors (Lipinski definition) is 3. The first-order valence-corrected chi connectivity index (χ1v) is 14.3. The Morgan fingerprint density at radius 3 is 2.57 bits per heavy atom. The molecule has 1 fully saturated rings. The van der Waals surface area contributed by atoms with Gasteiger partial charge in [-0.2, -0.15) is 18.3 Å². The Bertz CT molecular complexity index is 1860. The van der Waals surface area contributed by atoms with Crippen LogP contribution < -0.4 is 25.4 Å². The quantitative estimate of drug-likeness (QED) is 0.196. The molecule has 1 unspecified atom stereocenters. The van der Waals surface area contributed by atoms with Gasteiger partial charge in [-0.3, -0.25) is 4.79 Å². The van der Waals surface area contributed by atoms with E-state index in [9.17, 15) is 18.0 Å². The molecular weight excluding hydrogens is 603 g/mol. The van der Waals surface area contributed by atoms with E-state index in [0.717, 1.165) is 41.5 Å². The fourth-order valence-corrected chi connectivity index (χ4v) is 5.18. The predicted molar refractivity (Wildman–Crippen MR) is 164 cm³/mol. The van der Waals surface area contributed by atoms with Crippen molar-refractivity contribution in [1.82, 2.24) is 25.1 Å². The van der Waals surface area contributed by atoms with Gasteiger partial charge in [-0.15, -0.1) is 0 Å². The van der Waals surface area contributed by atoms with E-state index in [1.807, 2.05) is 24.3 Å². The lowest BCUT2D eigenvalue weighted by atomic mass is 10.1. The van der Waals surface area contributed by atoms with Crippen LogP contribution in [-0.4, -0.2) is 59.6 Å². The Kier molecular flexibility index (Phi) is 8.72. The summed E-state index contributed by atoms with van der Waals surface area (Å²) < 4.78 is 58.0. The smallest absolute Gasteiger partial charge is 0.416 e. The lowest BCUT2D eigenvalue weighted by Gasteiger charge is -2.22. The van der Waals surface area contributed by atoms with E-state index in [1.165, 1.54) is 0 Å². The maximum absolute atomic E-state index is 13.1. The summed E-state index contributed by atoms with van der Waals surface area (Å²) in [5.41, 5.74) is 2.26. The molecule has 0 aliphatic carbocycles. The number of alkyl halides is 3. The zero-order chi connectivity index (χ0) is 32.3. The number of morpholine rings is 1. The van der Waals surface area contributed by atoms with Crippen LogP contribution in [0.1, 0.15) is 33.3 Å². The molecule has 0 radical (unpaired) electrons. The summed E-state index contributed by atoms with van der Waals surface area (Å²) >= 11 is 0. The highest BCUT2D eigenvalue weighted by atomic mass is 19.4. The van der Waals surface area contributed by atoms with Crippen LogP contribution in [0.4, 0.5) is 24.8 Å². The largest absolute Gasteiger partial charge is 0.497 e. The number of nitrogens with one attached hydrogen (secondary N) is 3. The minimum Gasteiger partial charge on any atom is -0.497 e. The molecule has 1 amide bonds. The molecule has 0 saturated carbocycles. The molecule has 5 aromatic rings. The molecule has 1 aliphatic rings. The zero-order valence-corrected chi connectivity index (χ0v) is 24.9. The van der Waals surface area contributed by atoms with Crippen LogP contribution in [0.2, 0.25) is 0 Å². The number of carbonyl (C=O) groups is 1. The first-order valence-electron chi connectivity index (χ1n) is 14.3. The highest BCUT2D eigenvalue weighted by Crippen LogP contribution is 2.34. The van der Waals surface area contributed by atoms with Gasteiger partial charge in [-0.05, 0) is 54.6 Å². The van der Waals surface area contributed by atoms with Crippen molar-refractivity contribution in [2.24, 2.45) is 0 Å². The minimum atomic E-state index is -4.56. The van der Waals surface area contributed by atoms with Gasteiger partial charge in [-0.25, -0.2) is 14.6 Å². The summed E-state index contributed by atoms with van der Waals surface area (Å²) in [4.78, 5) is 21.4. The third-order valence-corrected chi connectivity index (χ3v) is 7.50. The number of aromatic nitrogens is 4. The summed E-state index contributed by atoms with van der Waals surface area (Å²) in [6.07, 6.45) is -2.15. The van der Waals surface area contributed by atoms with E-state index in [2.05, 4.69) is 25.9 Å². The SMILES string of the molecule is COc1ccc(CNc2nccc3c(C4CNCCO4)nn(-c4ccc(C(=O)Nc5cc(C(F)(F)F)ccn5)cc4)c23)c(OC)c1. The normalized spacial score (nSPS) is 15.0. The van der Waals surface area contributed by atoms with Crippen molar-refractivity contribution in [3.8, 4) is 17.2 Å². The standard InChI is InChI=1S/C32H30F3N7O4/c1-44-23-8-5-20(25(16-23)45-2)17-39-30-29-24(10-12-38-30)28(26-18-36-13-14-46-26)41-42(29)22-6-3-19(4-7-22)31(43)40-27-15-21(9-11-37-27)32(33,34)35/h3-12,15-16,26,36H,13-14,17-18H2,1-2H3,(H,38,39)(H,37,40,43). The van der Waals surface area contributed by atoms with Crippen molar-refractivity contribution < 1.29 is 32.2 Å². The molecule has 0 bridgehead atoms. The fraction of sp³-hybridized carbons (Fsp3) is 0.250. The number of hydrogen-bond acceptors (Lipinski definition) is 9. The highest BCUT2D eigenvalue weighted by molar-refractivity contribution is 6.04. The lowest BCUT2D eigenvalue weighted by Crippen LogP contribution is -2.33. The summed E-state index contributed by atoms with van der Waals surface area (Å²) in [6.45, 7) is 2.26. The Balaban J connectivity index is 1.32. The third-order valence-electron chi connectivity index (χ3n) is 7.50. The fourth-order valence-electron chi connectivity index (χ4n) is 5.18.